The Balaban J connectivity index is 1.65. The normalized spacial score (nSPS) is 12.7. The summed E-state index contributed by atoms with van der Waals surface area (Å²) in [6.45, 7) is 0.468. The number of hydrogen-bond donors (Lipinski definition) is 0. The fourth-order valence-electron chi connectivity index (χ4n) is 2.68. The number of ketones is 1. The number of carbonyl (C=O) groups is 1. The van der Waals surface area contributed by atoms with Crippen molar-refractivity contribution in [3.63, 3.8) is 0 Å². The number of Topliss-reactive ketones (excluding diaryl/α,β-unsaturated/α-hetero) is 1. The molecule has 0 saturated heterocycles. The minimum Gasteiger partial charge on any atom is -0.493 e. The Labute approximate surface area is 136 Å². The van der Waals surface area contributed by atoms with Crippen molar-refractivity contribution in [2.45, 2.75) is 13.0 Å². The monoisotopic (exact) mass is 323 g/mol. The molecular formula is C17H13N3O4. The topological polar surface area (TPSA) is 87.2 Å². The quantitative estimate of drug-likeness (QED) is 0.679. The molecule has 0 N–H and O–H groups in total. The summed E-state index contributed by atoms with van der Waals surface area (Å²) in [5.41, 5.74) is 2.00. The third kappa shape index (κ3) is 2.50. The Hall–Kier alpha value is -3.22. The van der Waals surface area contributed by atoms with Crippen molar-refractivity contribution in [2.75, 3.05) is 6.61 Å². The first-order valence-electron chi connectivity index (χ1n) is 7.49. The molecular weight excluding hydrogens is 310 g/mol. The Morgan fingerprint density at radius 3 is 3.00 bits per heavy atom. The van der Waals surface area contributed by atoms with E-state index in [4.69, 9.17) is 9.26 Å². The van der Waals surface area contributed by atoms with Gasteiger partial charge in [-0.2, -0.15) is 0 Å². The van der Waals surface area contributed by atoms with Crippen LogP contribution in [0.3, 0.4) is 0 Å². The van der Waals surface area contributed by atoms with Crippen LogP contribution in [-0.4, -0.2) is 27.1 Å². The predicted octanol–water partition coefficient (Wildman–Crippen LogP) is 1.72. The van der Waals surface area contributed by atoms with Crippen LogP contribution in [0.2, 0.25) is 0 Å². The summed E-state index contributed by atoms with van der Waals surface area (Å²) >= 11 is 0. The molecule has 0 saturated carbocycles. The van der Waals surface area contributed by atoms with Crippen molar-refractivity contribution in [1.29, 1.82) is 0 Å². The van der Waals surface area contributed by atoms with Crippen molar-refractivity contribution in [1.82, 2.24) is 14.7 Å². The zero-order valence-corrected chi connectivity index (χ0v) is 12.6. The first-order valence-corrected chi connectivity index (χ1v) is 7.49. The molecule has 0 aliphatic carbocycles. The standard InChI is InChI=1S/C17H13N3O4/c21-14(11-4-5-15-12(9-11)6-8-23-15)10-20-16(19-24-17(20)22)13-3-1-2-7-18-13/h1-5,7,9H,6,8,10H2. The largest absolute Gasteiger partial charge is 0.493 e. The molecule has 1 aliphatic heterocycles. The van der Waals surface area contributed by atoms with E-state index in [1.54, 1.807) is 36.5 Å². The number of nitrogens with zero attached hydrogens (tertiary/aromatic N) is 3. The van der Waals surface area contributed by atoms with Crippen molar-refractivity contribution >= 4 is 5.78 Å². The summed E-state index contributed by atoms with van der Waals surface area (Å²) in [6, 6.07) is 10.5. The molecule has 120 valence electrons. The lowest BCUT2D eigenvalue weighted by atomic mass is 10.1. The maximum absolute atomic E-state index is 12.6. The van der Waals surface area contributed by atoms with Crippen LogP contribution >= 0.6 is 0 Å². The van der Waals surface area contributed by atoms with Crippen LogP contribution < -0.4 is 10.5 Å². The highest BCUT2D eigenvalue weighted by molar-refractivity contribution is 5.96. The highest BCUT2D eigenvalue weighted by atomic mass is 16.5. The summed E-state index contributed by atoms with van der Waals surface area (Å²) in [5.74, 6) is 0.155. The molecule has 0 unspecified atom stereocenters. The molecule has 1 aromatic carbocycles. The lowest BCUT2D eigenvalue weighted by molar-refractivity contribution is 0.0969. The molecule has 0 radical (unpaired) electrons. The summed E-state index contributed by atoms with van der Waals surface area (Å²) in [6.07, 6.45) is 2.37. The van der Waals surface area contributed by atoms with E-state index < -0.39 is 5.76 Å². The van der Waals surface area contributed by atoms with E-state index in [0.717, 1.165) is 17.7 Å². The summed E-state index contributed by atoms with van der Waals surface area (Å²) in [7, 11) is 0. The number of rotatable bonds is 4. The van der Waals surface area contributed by atoms with Crippen molar-refractivity contribution in [2.24, 2.45) is 0 Å². The van der Waals surface area contributed by atoms with E-state index in [1.165, 1.54) is 4.57 Å². The average Bonchev–Trinajstić information content (AvgIpc) is 3.22. The van der Waals surface area contributed by atoms with Gasteiger partial charge in [-0.15, -0.1) is 0 Å². The molecule has 0 atom stereocenters. The molecule has 7 heteroatoms. The lowest BCUT2D eigenvalue weighted by Gasteiger charge is -2.05. The number of aromatic nitrogens is 3. The zero-order chi connectivity index (χ0) is 16.5. The number of ether oxygens (including phenoxy) is 1. The van der Waals surface area contributed by atoms with Crippen LogP contribution in [0.4, 0.5) is 0 Å². The molecule has 7 nitrogen and oxygen atoms in total. The first kappa shape index (κ1) is 14.4. The lowest BCUT2D eigenvalue weighted by Crippen LogP contribution is -2.21. The van der Waals surface area contributed by atoms with Crippen LogP contribution in [-0.2, 0) is 13.0 Å². The van der Waals surface area contributed by atoms with Gasteiger partial charge in [-0.25, -0.2) is 9.36 Å². The van der Waals surface area contributed by atoms with Crippen molar-refractivity contribution in [3.8, 4) is 17.3 Å². The highest BCUT2D eigenvalue weighted by Gasteiger charge is 2.19. The number of hydrogen-bond acceptors (Lipinski definition) is 6. The van der Waals surface area contributed by atoms with Gasteiger partial charge in [0.1, 0.15) is 11.4 Å². The molecule has 0 amide bonds. The Morgan fingerprint density at radius 1 is 1.25 bits per heavy atom. The number of fused-ring (bicyclic) bond motifs is 1. The Morgan fingerprint density at radius 2 is 2.17 bits per heavy atom. The van der Waals surface area contributed by atoms with Gasteiger partial charge in [-0.05, 0) is 35.9 Å². The first-order chi connectivity index (χ1) is 11.7. The van der Waals surface area contributed by atoms with E-state index in [-0.39, 0.29) is 18.2 Å². The van der Waals surface area contributed by atoms with Crippen molar-refractivity contribution < 1.29 is 14.1 Å². The average molecular weight is 323 g/mol. The van der Waals surface area contributed by atoms with Crippen LogP contribution in [0.15, 0.2) is 51.9 Å². The minimum absolute atomic E-state index is 0.159. The number of carbonyl (C=O) groups excluding carboxylic acids is 1. The van der Waals surface area contributed by atoms with Gasteiger partial charge in [0.25, 0.3) is 0 Å². The fraction of sp³-hybridized carbons (Fsp3) is 0.176. The van der Waals surface area contributed by atoms with E-state index in [1.807, 2.05) is 6.07 Å². The van der Waals surface area contributed by atoms with E-state index >= 15 is 0 Å². The second kappa shape index (κ2) is 5.77. The Kier molecular flexibility index (Phi) is 3.45. The van der Waals surface area contributed by atoms with Gasteiger partial charge in [0.05, 0.1) is 13.2 Å². The molecule has 3 heterocycles. The van der Waals surface area contributed by atoms with Crippen LogP contribution in [0.5, 0.6) is 5.75 Å². The van der Waals surface area contributed by atoms with Crippen LogP contribution in [0.1, 0.15) is 15.9 Å². The van der Waals surface area contributed by atoms with Crippen molar-refractivity contribution in [3.05, 3.63) is 64.3 Å². The van der Waals surface area contributed by atoms with Gasteiger partial charge in [0.2, 0.25) is 5.82 Å². The third-order valence-corrected chi connectivity index (χ3v) is 3.89. The van der Waals surface area contributed by atoms with Crippen LogP contribution in [0.25, 0.3) is 11.5 Å². The fourth-order valence-corrected chi connectivity index (χ4v) is 2.68. The van der Waals surface area contributed by atoms with Gasteiger partial charge >= 0.3 is 5.76 Å². The van der Waals surface area contributed by atoms with E-state index in [9.17, 15) is 9.59 Å². The maximum atomic E-state index is 12.6. The SMILES string of the molecule is O=C(Cn1c(-c2ccccn2)noc1=O)c1ccc2c(c1)CCO2. The molecule has 0 bridgehead atoms. The summed E-state index contributed by atoms with van der Waals surface area (Å²) < 4.78 is 11.3. The zero-order valence-electron chi connectivity index (χ0n) is 12.6. The molecule has 24 heavy (non-hydrogen) atoms. The van der Waals surface area contributed by atoms with Gasteiger partial charge < -0.3 is 4.74 Å². The second-order valence-electron chi connectivity index (χ2n) is 5.42. The van der Waals surface area contributed by atoms with Gasteiger partial charge in [0, 0.05) is 18.2 Å². The molecule has 1 aliphatic rings. The Bertz CT molecular complexity index is 959. The van der Waals surface area contributed by atoms with Crippen LogP contribution in [0, 0.1) is 0 Å². The molecule has 0 fully saturated rings. The smallest absolute Gasteiger partial charge is 0.442 e. The third-order valence-electron chi connectivity index (χ3n) is 3.89. The predicted molar refractivity (Wildman–Crippen MR) is 84.0 cm³/mol. The maximum Gasteiger partial charge on any atom is 0.442 e. The van der Waals surface area contributed by atoms with E-state index in [2.05, 4.69) is 10.1 Å². The minimum atomic E-state index is -0.687. The highest BCUT2D eigenvalue weighted by Crippen LogP contribution is 2.26. The molecule has 0 spiro atoms. The molecule has 2 aromatic heterocycles. The van der Waals surface area contributed by atoms with E-state index in [0.29, 0.717) is 17.9 Å². The molecule has 3 aromatic rings. The summed E-state index contributed by atoms with van der Waals surface area (Å²) in [5, 5.41) is 3.73. The molecule has 4 rings (SSSR count). The van der Waals surface area contributed by atoms with Gasteiger partial charge in [-0.1, -0.05) is 11.2 Å². The van der Waals surface area contributed by atoms with Gasteiger partial charge in [-0.3, -0.25) is 14.3 Å². The number of benzene rings is 1. The number of pyridine rings is 1. The second-order valence-corrected chi connectivity index (χ2v) is 5.42. The summed E-state index contributed by atoms with van der Waals surface area (Å²) in [4.78, 5) is 28.6. The van der Waals surface area contributed by atoms with Gasteiger partial charge in [0.15, 0.2) is 5.78 Å².